The lowest BCUT2D eigenvalue weighted by Crippen LogP contribution is -2.68. The Morgan fingerprint density at radius 1 is 0.714 bits per heavy atom. The number of aliphatic hydroxyl groups excluding tert-OH is 9. The summed E-state index contributed by atoms with van der Waals surface area (Å²) in [5.41, 5.74) is -1.17. The molecule has 0 aromatic rings. The van der Waals surface area contributed by atoms with Gasteiger partial charge in [0.25, 0.3) is 0 Å². The molecule has 4 saturated carbocycles. The van der Waals surface area contributed by atoms with Gasteiger partial charge in [0.1, 0.15) is 54.2 Å². The van der Waals surface area contributed by atoms with E-state index in [0.29, 0.717) is 37.5 Å². The van der Waals surface area contributed by atoms with Crippen molar-refractivity contribution in [2.75, 3.05) is 13.2 Å². The highest BCUT2D eigenvalue weighted by Crippen LogP contribution is 2.76. The summed E-state index contributed by atoms with van der Waals surface area (Å²) >= 11 is 0. The summed E-state index contributed by atoms with van der Waals surface area (Å²) in [6, 6.07) is 0. The fourth-order valence-corrected chi connectivity index (χ4v) is 13.6. The van der Waals surface area contributed by atoms with Gasteiger partial charge in [0.05, 0.1) is 25.4 Å². The quantitative estimate of drug-likeness (QED) is 0.136. The van der Waals surface area contributed by atoms with Crippen LogP contribution >= 0.6 is 0 Å². The summed E-state index contributed by atoms with van der Waals surface area (Å²) in [5, 5.41) is 97.1. The van der Waals surface area contributed by atoms with Gasteiger partial charge in [0, 0.05) is 0 Å². The number of rotatable bonds is 6. The average molecular weight is 797 g/mol. The molecule has 2 heterocycles. The van der Waals surface area contributed by atoms with Crippen molar-refractivity contribution in [2.24, 2.45) is 50.2 Å². The molecular weight excluding hydrogens is 728 g/mol. The fraction of sp³-hybridized carbons (Fsp3) is 0.929. The molecule has 56 heavy (non-hydrogen) atoms. The van der Waals surface area contributed by atoms with Crippen LogP contribution in [0, 0.1) is 50.2 Å². The predicted molar refractivity (Wildman–Crippen MR) is 199 cm³/mol. The standard InChI is InChI=1S/C42H68O14/c1-37(2)14-15-42(36(52)56-35-32(51)30(49)33(23(19-44)54-35)55-34-31(50)29(48)28(47)22(18-43)53-34)21(16-37)20-8-9-25-39(5)12-11-26(45)38(3,4)24(39)10-13-40(25,6)41(20,7)17-27(42)46/h8,21-35,43-51H,9-19H2,1-7H3/t21?,22-,23-,24?,25?,26-,27+,28+,29+,30-,31-,32-,33-,34+,35?,39-,40+,41+,42+/m0/s1. The summed E-state index contributed by atoms with van der Waals surface area (Å²) < 4.78 is 23.0. The molecule has 14 nitrogen and oxygen atoms in total. The second kappa shape index (κ2) is 14.4. The number of esters is 1. The first-order valence-corrected chi connectivity index (χ1v) is 20.9. The minimum Gasteiger partial charge on any atom is -0.432 e. The van der Waals surface area contributed by atoms with Crippen LogP contribution in [0.1, 0.15) is 106 Å². The maximum Gasteiger partial charge on any atom is 0.317 e. The zero-order valence-corrected chi connectivity index (χ0v) is 34.1. The van der Waals surface area contributed by atoms with Crippen LogP contribution in [0.2, 0.25) is 0 Å². The third-order valence-corrected chi connectivity index (χ3v) is 17.2. The highest BCUT2D eigenvalue weighted by atomic mass is 16.7. The number of allylic oxidation sites excluding steroid dienone is 2. The van der Waals surface area contributed by atoms with Crippen LogP contribution in [-0.4, -0.2) is 139 Å². The Balaban J connectivity index is 1.16. The number of fused-ring (bicyclic) bond motifs is 7. The summed E-state index contributed by atoms with van der Waals surface area (Å²) in [4.78, 5) is 14.8. The van der Waals surface area contributed by atoms with Gasteiger partial charge >= 0.3 is 5.97 Å². The molecular formula is C42H68O14. The number of ether oxygens (including phenoxy) is 4. The third-order valence-electron chi connectivity index (χ3n) is 17.2. The van der Waals surface area contributed by atoms with Crippen LogP contribution in [0.4, 0.5) is 0 Å². The number of hydrogen-bond donors (Lipinski definition) is 9. The van der Waals surface area contributed by atoms with Gasteiger partial charge in [0.2, 0.25) is 6.29 Å². The Morgan fingerprint density at radius 2 is 1.36 bits per heavy atom. The second-order valence-corrected chi connectivity index (χ2v) is 20.8. The largest absolute Gasteiger partial charge is 0.432 e. The van der Waals surface area contributed by atoms with Crippen molar-refractivity contribution in [1.29, 1.82) is 0 Å². The van der Waals surface area contributed by atoms with Crippen LogP contribution in [0.3, 0.4) is 0 Å². The zero-order valence-electron chi connectivity index (χ0n) is 34.1. The van der Waals surface area contributed by atoms with E-state index < -0.39 is 97.5 Å². The van der Waals surface area contributed by atoms with Crippen molar-refractivity contribution in [3.8, 4) is 0 Å². The highest BCUT2D eigenvalue weighted by molar-refractivity contribution is 5.80. The first-order valence-electron chi connectivity index (χ1n) is 20.9. The molecule has 0 spiro atoms. The Morgan fingerprint density at radius 3 is 2.02 bits per heavy atom. The SMILES string of the molecule is CC1(C)CC[C@@]2(C(=O)OC3O[C@@H](CO)[C@H](O[C@H]4O[C@@H](CO)[C@@H](O)[C@@H](O)[C@@H]4O)[C@@H](O)[C@@H]3O)C(C1)C1=CCC3[C@@]4(C)CC[C@H](O)C(C)(C)C4CC[C@@]3(C)[C@]1(C)C[C@H]2O. The van der Waals surface area contributed by atoms with Gasteiger partial charge in [-0.25, -0.2) is 0 Å². The molecule has 4 unspecified atom stereocenters. The summed E-state index contributed by atoms with van der Waals surface area (Å²) in [7, 11) is 0. The van der Waals surface area contributed by atoms with Crippen LogP contribution in [-0.2, 0) is 23.7 Å². The van der Waals surface area contributed by atoms with Crippen molar-refractivity contribution in [3.05, 3.63) is 11.6 Å². The van der Waals surface area contributed by atoms with Crippen molar-refractivity contribution >= 4 is 5.97 Å². The summed E-state index contributed by atoms with van der Waals surface area (Å²) in [6.07, 6.45) is -9.35. The molecule has 0 aromatic heterocycles. The van der Waals surface area contributed by atoms with Crippen molar-refractivity contribution in [2.45, 2.75) is 180 Å². The van der Waals surface area contributed by atoms with Gasteiger partial charge in [0.15, 0.2) is 6.29 Å². The van der Waals surface area contributed by atoms with E-state index in [9.17, 15) is 50.8 Å². The van der Waals surface area contributed by atoms with Crippen molar-refractivity contribution in [1.82, 2.24) is 0 Å². The smallest absolute Gasteiger partial charge is 0.317 e. The van der Waals surface area contributed by atoms with E-state index in [1.807, 2.05) is 0 Å². The Bertz CT molecular complexity index is 1520. The van der Waals surface area contributed by atoms with Gasteiger partial charge < -0.3 is 64.9 Å². The maximum atomic E-state index is 14.8. The molecule has 2 aliphatic heterocycles. The minimum absolute atomic E-state index is 0.00601. The van der Waals surface area contributed by atoms with Crippen molar-refractivity contribution in [3.63, 3.8) is 0 Å². The molecule has 5 aliphatic carbocycles. The van der Waals surface area contributed by atoms with Crippen LogP contribution in [0.5, 0.6) is 0 Å². The van der Waals surface area contributed by atoms with Gasteiger partial charge in [-0.05, 0) is 103 Å². The molecule has 0 aromatic carbocycles. The molecule has 19 atom stereocenters. The number of aliphatic hydroxyl groups is 9. The summed E-state index contributed by atoms with van der Waals surface area (Å²) in [6.45, 7) is 14.4. The van der Waals surface area contributed by atoms with Crippen molar-refractivity contribution < 1.29 is 69.7 Å². The molecule has 9 N–H and O–H groups in total. The minimum atomic E-state index is -1.89. The van der Waals surface area contributed by atoms with E-state index in [4.69, 9.17) is 18.9 Å². The first-order chi connectivity index (χ1) is 26.0. The van der Waals surface area contributed by atoms with Gasteiger partial charge in [-0.15, -0.1) is 0 Å². The van der Waals surface area contributed by atoms with E-state index in [2.05, 4.69) is 54.5 Å². The monoisotopic (exact) mass is 796 g/mol. The third kappa shape index (κ3) is 6.13. The first kappa shape index (κ1) is 42.8. The lowest BCUT2D eigenvalue weighted by molar-refractivity contribution is -0.357. The molecule has 6 fully saturated rings. The Labute approximate surface area is 330 Å². The van der Waals surface area contributed by atoms with E-state index in [0.717, 1.165) is 32.1 Å². The van der Waals surface area contributed by atoms with E-state index >= 15 is 0 Å². The Hall–Kier alpha value is -1.27. The lowest BCUT2D eigenvalue weighted by atomic mass is 9.33. The van der Waals surface area contributed by atoms with E-state index in [-0.39, 0.29) is 33.7 Å². The predicted octanol–water partition coefficient (Wildman–Crippen LogP) is 1.29. The second-order valence-electron chi connectivity index (χ2n) is 20.8. The Kier molecular flexibility index (Phi) is 11.0. The van der Waals surface area contributed by atoms with Crippen LogP contribution < -0.4 is 0 Å². The number of carbonyl (C=O) groups is 1. The molecule has 0 amide bonds. The normalized spacial score (nSPS) is 53.7. The topological polar surface area (TPSA) is 236 Å². The number of hydrogen-bond acceptors (Lipinski definition) is 14. The molecule has 320 valence electrons. The average Bonchev–Trinajstić information content (AvgIpc) is 3.13. The molecule has 0 radical (unpaired) electrons. The number of carbonyl (C=O) groups excluding carboxylic acids is 1. The molecule has 14 heteroatoms. The van der Waals surface area contributed by atoms with Gasteiger partial charge in [-0.2, -0.15) is 0 Å². The fourth-order valence-electron chi connectivity index (χ4n) is 13.6. The molecule has 2 saturated heterocycles. The molecule has 7 aliphatic rings. The lowest BCUT2D eigenvalue weighted by Gasteiger charge is -2.71. The van der Waals surface area contributed by atoms with Gasteiger partial charge in [-0.1, -0.05) is 60.1 Å². The van der Waals surface area contributed by atoms with E-state index in [1.165, 1.54) is 5.57 Å². The maximum absolute atomic E-state index is 14.8. The zero-order chi connectivity index (χ0) is 41.1. The molecule has 0 bridgehead atoms. The van der Waals surface area contributed by atoms with Crippen LogP contribution in [0.25, 0.3) is 0 Å². The van der Waals surface area contributed by atoms with Crippen LogP contribution in [0.15, 0.2) is 11.6 Å². The highest BCUT2D eigenvalue weighted by Gasteiger charge is 2.72. The summed E-state index contributed by atoms with van der Waals surface area (Å²) in [5.74, 6) is -0.449. The molecule has 7 rings (SSSR count). The van der Waals surface area contributed by atoms with Gasteiger partial charge in [-0.3, -0.25) is 4.79 Å². The van der Waals surface area contributed by atoms with E-state index in [1.54, 1.807) is 0 Å².